The fraction of sp³-hybridized carbons (Fsp3) is 0.462. The fourth-order valence-corrected chi connectivity index (χ4v) is 2.57. The van der Waals surface area contributed by atoms with Crippen LogP contribution in [0.25, 0.3) is 0 Å². The fourth-order valence-electron chi connectivity index (χ4n) is 2.57. The van der Waals surface area contributed by atoms with E-state index in [1.54, 1.807) is 13.1 Å². The van der Waals surface area contributed by atoms with Crippen molar-refractivity contribution in [2.75, 3.05) is 5.32 Å². The van der Waals surface area contributed by atoms with Crippen molar-refractivity contribution >= 4 is 11.5 Å². The molecule has 1 N–H and O–H groups in total. The van der Waals surface area contributed by atoms with Crippen LogP contribution in [0, 0.1) is 17.0 Å². The molecule has 0 amide bonds. The quantitative estimate of drug-likeness (QED) is 0.682. The molecule has 3 heterocycles. The van der Waals surface area contributed by atoms with Gasteiger partial charge in [-0.25, -0.2) is 4.98 Å². The summed E-state index contributed by atoms with van der Waals surface area (Å²) in [5, 5.41) is 22.5. The summed E-state index contributed by atoms with van der Waals surface area (Å²) >= 11 is 0. The summed E-state index contributed by atoms with van der Waals surface area (Å²) in [5.74, 6) is 2.03. The minimum Gasteiger partial charge on any atom is -0.355 e. The van der Waals surface area contributed by atoms with Gasteiger partial charge in [0.15, 0.2) is 5.82 Å². The first kappa shape index (κ1) is 13.5. The van der Waals surface area contributed by atoms with Crippen LogP contribution in [-0.2, 0) is 13.0 Å². The van der Waals surface area contributed by atoms with Crippen LogP contribution in [0.4, 0.5) is 11.5 Å². The number of pyridine rings is 1. The highest BCUT2D eigenvalue weighted by Gasteiger charge is 2.24. The van der Waals surface area contributed by atoms with Gasteiger partial charge in [-0.2, -0.15) is 0 Å². The Labute approximate surface area is 121 Å². The molecule has 21 heavy (non-hydrogen) atoms. The molecule has 8 heteroatoms. The van der Waals surface area contributed by atoms with Gasteiger partial charge in [-0.05, 0) is 25.8 Å². The van der Waals surface area contributed by atoms with Crippen molar-refractivity contribution in [2.24, 2.45) is 0 Å². The molecule has 0 saturated carbocycles. The predicted octanol–water partition coefficient (Wildman–Crippen LogP) is 2.01. The maximum absolute atomic E-state index is 11.1. The summed E-state index contributed by atoms with van der Waals surface area (Å²) in [7, 11) is 0. The zero-order valence-corrected chi connectivity index (χ0v) is 11.9. The number of rotatable bonds is 4. The van der Waals surface area contributed by atoms with Crippen LogP contribution in [0.2, 0.25) is 0 Å². The largest absolute Gasteiger partial charge is 0.355 e. The number of aromatic nitrogens is 4. The van der Waals surface area contributed by atoms with Crippen LogP contribution < -0.4 is 5.32 Å². The average Bonchev–Trinajstić information content (AvgIpc) is 3.02. The first-order valence-corrected chi connectivity index (χ1v) is 6.86. The van der Waals surface area contributed by atoms with Crippen LogP contribution in [0.5, 0.6) is 0 Å². The second-order valence-corrected chi connectivity index (χ2v) is 5.23. The molecule has 0 fully saturated rings. The van der Waals surface area contributed by atoms with Gasteiger partial charge in [0, 0.05) is 25.2 Å². The third kappa shape index (κ3) is 2.44. The smallest absolute Gasteiger partial charge is 0.311 e. The number of hydrogen-bond donors (Lipinski definition) is 1. The molecule has 8 nitrogen and oxygen atoms in total. The number of fused-ring (bicyclic) bond motifs is 1. The molecule has 3 rings (SSSR count). The maximum atomic E-state index is 11.1. The van der Waals surface area contributed by atoms with Gasteiger partial charge in [-0.3, -0.25) is 10.1 Å². The van der Waals surface area contributed by atoms with E-state index in [4.69, 9.17) is 0 Å². The third-order valence-electron chi connectivity index (χ3n) is 3.58. The second-order valence-electron chi connectivity index (χ2n) is 5.23. The molecule has 1 aliphatic rings. The Morgan fingerprint density at radius 2 is 2.29 bits per heavy atom. The second kappa shape index (κ2) is 5.12. The molecular weight excluding hydrogens is 272 g/mol. The highest BCUT2D eigenvalue weighted by atomic mass is 16.6. The van der Waals surface area contributed by atoms with E-state index in [1.165, 1.54) is 6.07 Å². The first-order chi connectivity index (χ1) is 10.1. The summed E-state index contributed by atoms with van der Waals surface area (Å²) < 4.78 is 2.07. The number of hydrogen-bond acceptors (Lipinski definition) is 6. The Kier molecular flexibility index (Phi) is 3.28. The predicted molar refractivity (Wildman–Crippen MR) is 76.0 cm³/mol. The molecule has 0 spiro atoms. The summed E-state index contributed by atoms with van der Waals surface area (Å²) in [5.41, 5.74) is 0.728. The van der Waals surface area contributed by atoms with Gasteiger partial charge in [0.25, 0.3) is 0 Å². The minimum atomic E-state index is -0.427. The molecule has 110 valence electrons. The lowest BCUT2D eigenvalue weighted by atomic mass is 10.2. The van der Waals surface area contributed by atoms with Crippen LogP contribution in [0.15, 0.2) is 12.3 Å². The van der Waals surface area contributed by atoms with Crippen LogP contribution in [0.3, 0.4) is 0 Å². The van der Waals surface area contributed by atoms with Crippen molar-refractivity contribution in [3.05, 3.63) is 39.6 Å². The van der Waals surface area contributed by atoms with Crippen LogP contribution >= 0.6 is 0 Å². The molecule has 0 aliphatic carbocycles. The van der Waals surface area contributed by atoms with Crippen molar-refractivity contribution in [1.82, 2.24) is 19.7 Å². The topological polar surface area (TPSA) is 98.8 Å². The van der Waals surface area contributed by atoms with E-state index in [-0.39, 0.29) is 17.5 Å². The summed E-state index contributed by atoms with van der Waals surface area (Å²) in [6.45, 7) is 4.58. The van der Waals surface area contributed by atoms with Gasteiger partial charge in [-0.15, -0.1) is 10.2 Å². The Bertz CT molecular complexity index is 696. The molecule has 0 bridgehead atoms. The molecule has 1 aliphatic heterocycles. The standard InChI is InChI=1S/C13H16N6O2/c1-8-6-10(19(20)21)12(14-7-8)15-9(2)13-17-16-11-4-3-5-18(11)13/h6-7,9H,3-5H2,1-2H3,(H,14,15). The van der Waals surface area contributed by atoms with Gasteiger partial charge in [-0.1, -0.05) is 0 Å². The van der Waals surface area contributed by atoms with E-state index in [0.29, 0.717) is 0 Å². The van der Waals surface area contributed by atoms with Gasteiger partial charge in [0.1, 0.15) is 5.82 Å². The van der Waals surface area contributed by atoms with Gasteiger partial charge in [0.2, 0.25) is 5.82 Å². The van der Waals surface area contributed by atoms with Crippen molar-refractivity contribution in [2.45, 2.75) is 39.3 Å². The lowest BCUT2D eigenvalue weighted by molar-refractivity contribution is -0.384. The van der Waals surface area contributed by atoms with Crippen molar-refractivity contribution in [3.63, 3.8) is 0 Å². The zero-order chi connectivity index (χ0) is 15.0. The maximum Gasteiger partial charge on any atom is 0.311 e. The lowest BCUT2D eigenvalue weighted by Gasteiger charge is -2.14. The number of nitrogens with one attached hydrogen (secondary N) is 1. The monoisotopic (exact) mass is 288 g/mol. The summed E-state index contributed by atoms with van der Waals surface area (Å²) in [6.07, 6.45) is 3.60. The van der Waals surface area contributed by atoms with Crippen molar-refractivity contribution in [3.8, 4) is 0 Å². The van der Waals surface area contributed by atoms with Gasteiger partial charge in [0.05, 0.1) is 11.0 Å². The molecule has 2 aromatic heterocycles. The Balaban J connectivity index is 1.88. The molecule has 0 aromatic carbocycles. The summed E-state index contributed by atoms with van der Waals surface area (Å²) in [4.78, 5) is 14.8. The van der Waals surface area contributed by atoms with E-state index < -0.39 is 4.92 Å². The molecule has 2 aromatic rings. The first-order valence-electron chi connectivity index (χ1n) is 6.86. The number of nitro groups is 1. The Hall–Kier alpha value is -2.51. The van der Waals surface area contributed by atoms with E-state index in [1.807, 2.05) is 6.92 Å². The summed E-state index contributed by atoms with van der Waals surface area (Å²) in [6, 6.07) is 1.31. The molecule has 0 radical (unpaired) electrons. The highest BCUT2D eigenvalue weighted by molar-refractivity contribution is 5.57. The van der Waals surface area contributed by atoms with Gasteiger partial charge >= 0.3 is 5.69 Å². The minimum absolute atomic E-state index is 0.0250. The van der Waals surface area contributed by atoms with Crippen LogP contribution in [0.1, 0.15) is 36.6 Å². The highest BCUT2D eigenvalue weighted by Crippen LogP contribution is 2.27. The van der Waals surface area contributed by atoms with Gasteiger partial charge < -0.3 is 9.88 Å². The normalized spacial score (nSPS) is 14.8. The Morgan fingerprint density at radius 1 is 1.48 bits per heavy atom. The molecular formula is C13H16N6O2. The lowest BCUT2D eigenvalue weighted by Crippen LogP contribution is -2.15. The molecule has 1 atom stereocenters. The Morgan fingerprint density at radius 3 is 3.05 bits per heavy atom. The molecule has 1 unspecified atom stereocenters. The molecule has 0 saturated heterocycles. The number of anilines is 1. The van der Waals surface area contributed by atoms with E-state index in [9.17, 15) is 10.1 Å². The zero-order valence-electron chi connectivity index (χ0n) is 11.9. The van der Waals surface area contributed by atoms with E-state index >= 15 is 0 Å². The average molecular weight is 288 g/mol. The van der Waals surface area contributed by atoms with Crippen molar-refractivity contribution < 1.29 is 4.92 Å². The third-order valence-corrected chi connectivity index (χ3v) is 3.58. The van der Waals surface area contributed by atoms with E-state index in [0.717, 1.165) is 36.6 Å². The van der Waals surface area contributed by atoms with Crippen molar-refractivity contribution in [1.29, 1.82) is 0 Å². The number of nitrogens with zero attached hydrogens (tertiary/aromatic N) is 5. The SMILES string of the molecule is Cc1cnc(NC(C)c2nnc3n2CCC3)c([N+](=O)[O-])c1. The number of aryl methyl sites for hydroxylation is 2. The van der Waals surface area contributed by atoms with Crippen LogP contribution in [-0.4, -0.2) is 24.7 Å². The van der Waals surface area contributed by atoms with E-state index in [2.05, 4.69) is 25.1 Å².